The van der Waals surface area contributed by atoms with Crippen LogP contribution in [0.1, 0.15) is 56.4 Å². The second kappa shape index (κ2) is 5.71. The number of ketones is 1. The molecule has 1 unspecified atom stereocenters. The lowest BCUT2D eigenvalue weighted by Crippen LogP contribution is -2.44. The number of aromatic nitrogens is 1. The van der Waals surface area contributed by atoms with Gasteiger partial charge in [-0.3, -0.25) is 9.59 Å². The maximum Gasteiger partial charge on any atom is 0.255 e. The molecule has 1 aliphatic heterocycles. The number of nitrogens with one attached hydrogen (secondary N) is 1. The van der Waals surface area contributed by atoms with E-state index in [0.29, 0.717) is 11.6 Å². The van der Waals surface area contributed by atoms with Gasteiger partial charge in [-0.25, -0.2) is 5.01 Å². The Hall–Kier alpha value is -1.91. The highest BCUT2D eigenvalue weighted by atomic mass is 16.2. The van der Waals surface area contributed by atoms with Gasteiger partial charge in [0.15, 0.2) is 0 Å². The zero-order valence-electron chi connectivity index (χ0n) is 13.3. The summed E-state index contributed by atoms with van der Waals surface area (Å²) in [7, 11) is 0. The fraction of sp³-hybridized carbons (Fsp3) is 0.588. The molecule has 1 aromatic rings. The molecule has 1 aliphatic carbocycles. The van der Waals surface area contributed by atoms with Crippen LogP contribution in [0.5, 0.6) is 0 Å². The van der Waals surface area contributed by atoms with Crippen LogP contribution in [0.2, 0.25) is 0 Å². The largest absolute Gasteiger partial charge is 0.359 e. The number of hydrazone groups is 1. The van der Waals surface area contributed by atoms with Gasteiger partial charge >= 0.3 is 0 Å². The topological polar surface area (TPSA) is 65.5 Å². The number of H-pyrrole nitrogens is 1. The Morgan fingerprint density at radius 3 is 2.77 bits per heavy atom. The molecule has 0 aromatic carbocycles. The maximum atomic E-state index is 12.9. The quantitative estimate of drug-likeness (QED) is 0.869. The molecule has 1 N–H and O–H groups in total. The van der Waals surface area contributed by atoms with Crippen molar-refractivity contribution in [1.29, 1.82) is 0 Å². The van der Waals surface area contributed by atoms with Crippen molar-refractivity contribution < 1.29 is 9.59 Å². The first-order valence-corrected chi connectivity index (χ1v) is 8.07. The molecule has 22 heavy (non-hydrogen) atoms. The molecule has 0 spiro atoms. The summed E-state index contributed by atoms with van der Waals surface area (Å²) in [5.74, 6) is 0.225. The van der Waals surface area contributed by atoms with Gasteiger partial charge in [0.25, 0.3) is 5.91 Å². The molecule has 118 valence electrons. The van der Waals surface area contributed by atoms with Gasteiger partial charge in [0.05, 0.1) is 16.8 Å². The number of hydrogen-bond acceptors (Lipinski definition) is 3. The summed E-state index contributed by atoms with van der Waals surface area (Å²) in [5, 5.41) is 5.78. The van der Waals surface area contributed by atoms with Gasteiger partial charge in [0.1, 0.15) is 6.54 Å². The van der Waals surface area contributed by atoms with Gasteiger partial charge in [-0.15, -0.1) is 0 Å². The predicted molar refractivity (Wildman–Crippen MR) is 84.6 cm³/mol. The first-order valence-electron chi connectivity index (χ1n) is 8.07. The average Bonchev–Trinajstić information content (AvgIpc) is 3.13. The summed E-state index contributed by atoms with van der Waals surface area (Å²) in [5.41, 5.74) is 0.840. The van der Waals surface area contributed by atoms with E-state index in [1.807, 2.05) is 13.8 Å². The van der Waals surface area contributed by atoms with Crippen molar-refractivity contribution in [2.45, 2.75) is 46.0 Å². The number of carbonyl (C=O) groups excluding carboxylic acids is 2. The van der Waals surface area contributed by atoms with Crippen molar-refractivity contribution in [1.82, 2.24) is 9.99 Å². The minimum Gasteiger partial charge on any atom is -0.359 e. The van der Waals surface area contributed by atoms with Crippen molar-refractivity contribution in [3.63, 3.8) is 0 Å². The monoisotopic (exact) mass is 301 g/mol. The minimum absolute atomic E-state index is 0.0129. The number of Topliss-reactive ketones (excluding diaryl/α,β-unsaturated/α-hetero) is 1. The molecular weight excluding hydrogens is 278 g/mol. The van der Waals surface area contributed by atoms with E-state index in [4.69, 9.17) is 0 Å². The predicted octanol–water partition coefficient (Wildman–Crippen LogP) is 3.00. The molecule has 0 bridgehead atoms. The van der Waals surface area contributed by atoms with Crippen molar-refractivity contribution in [2.75, 3.05) is 6.54 Å². The molecule has 1 amide bonds. The van der Waals surface area contributed by atoms with Gasteiger partial charge in [-0.2, -0.15) is 5.10 Å². The lowest BCUT2D eigenvalue weighted by molar-refractivity contribution is -0.137. The summed E-state index contributed by atoms with van der Waals surface area (Å²) >= 11 is 0. The minimum atomic E-state index is -0.531. The summed E-state index contributed by atoms with van der Waals surface area (Å²) < 4.78 is 0. The Balaban J connectivity index is 1.76. The first-order chi connectivity index (χ1) is 10.5. The normalized spacial score (nSPS) is 26.4. The second-order valence-electron chi connectivity index (χ2n) is 6.59. The molecule has 5 nitrogen and oxygen atoms in total. The Labute approximate surface area is 130 Å². The van der Waals surface area contributed by atoms with E-state index < -0.39 is 5.41 Å². The second-order valence-corrected chi connectivity index (χ2v) is 6.59. The molecule has 0 radical (unpaired) electrons. The molecule has 0 saturated heterocycles. The lowest BCUT2D eigenvalue weighted by Gasteiger charge is -2.35. The average molecular weight is 301 g/mol. The molecule has 1 aromatic heterocycles. The molecule has 3 rings (SSSR count). The Bertz CT molecular complexity index is 599. The standard InChI is InChI=1S/C17H23N3O2/c1-12-17(2,13-7-4-3-5-8-13)16(22)20(19-12)11-15(21)14-9-6-10-18-14/h6,9-10,13,18H,3-5,7-8,11H2,1-2H3. The lowest BCUT2D eigenvalue weighted by atomic mass is 9.67. The van der Waals surface area contributed by atoms with E-state index in [0.717, 1.165) is 18.6 Å². The van der Waals surface area contributed by atoms with E-state index in [-0.39, 0.29) is 18.2 Å². The van der Waals surface area contributed by atoms with Crippen LogP contribution in [0.4, 0.5) is 0 Å². The molecule has 1 fully saturated rings. The Kier molecular flexibility index (Phi) is 3.89. The van der Waals surface area contributed by atoms with Gasteiger partial charge in [0, 0.05) is 6.20 Å². The third-order valence-electron chi connectivity index (χ3n) is 5.31. The molecule has 1 saturated carbocycles. The zero-order valence-corrected chi connectivity index (χ0v) is 13.3. The third kappa shape index (κ3) is 2.38. The van der Waals surface area contributed by atoms with E-state index >= 15 is 0 Å². The number of hydrogen-bond donors (Lipinski definition) is 1. The van der Waals surface area contributed by atoms with Crippen LogP contribution in [0.15, 0.2) is 23.4 Å². The van der Waals surface area contributed by atoms with Crippen molar-refractivity contribution in [3.8, 4) is 0 Å². The number of carbonyl (C=O) groups is 2. The van der Waals surface area contributed by atoms with Gasteiger partial charge in [-0.1, -0.05) is 19.3 Å². The van der Waals surface area contributed by atoms with Crippen LogP contribution in [-0.4, -0.2) is 33.9 Å². The van der Waals surface area contributed by atoms with E-state index in [1.165, 1.54) is 24.3 Å². The van der Waals surface area contributed by atoms with Gasteiger partial charge in [0.2, 0.25) is 5.78 Å². The van der Waals surface area contributed by atoms with Gasteiger partial charge < -0.3 is 4.98 Å². The van der Waals surface area contributed by atoms with Crippen LogP contribution in [-0.2, 0) is 4.79 Å². The Morgan fingerprint density at radius 2 is 2.14 bits per heavy atom. The zero-order chi connectivity index (χ0) is 15.7. The number of nitrogens with zero attached hydrogens (tertiary/aromatic N) is 2. The Morgan fingerprint density at radius 1 is 1.41 bits per heavy atom. The summed E-state index contributed by atoms with van der Waals surface area (Å²) in [6, 6.07) is 3.50. The number of rotatable bonds is 4. The van der Waals surface area contributed by atoms with E-state index in [2.05, 4.69) is 10.1 Å². The SMILES string of the molecule is CC1=NN(CC(=O)c2ccc[nH]2)C(=O)C1(C)C1CCCCC1. The molecule has 5 heteroatoms. The summed E-state index contributed by atoms with van der Waals surface area (Å²) in [4.78, 5) is 28.0. The fourth-order valence-electron chi connectivity index (χ4n) is 3.74. The van der Waals surface area contributed by atoms with Crippen LogP contribution >= 0.6 is 0 Å². The smallest absolute Gasteiger partial charge is 0.255 e. The van der Waals surface area contributed by atoms with E-state index in [1.54, 1.807) is 18.3 Å². The van der Waals surface area contributed by atoms with Crippen molar-refractivity contribution >= 4 is 17.4 Å². The van der Waals surface area contributed by atoms with Crippen LogP contribution in [0.3, 0.4) is 0 Å². The number of aromatic amines is 1. The molecule has 2 heterocycles. The fourth-order valence-corrected chi connectivity index (χ4v) is 3.74. The third-order valence-corrected chi connectivity index (χ3v) is 5.31. The van der Waals surface area contributed by atoms with Crippen molar-refractivity contribution in [2.24, 2.45) is 16.4 Å². The van der Waals surface area contributed by atoms with Crippen LogP contribution in [0, 0.1) is 11.3 Å². The highest BCUT2D eigenvalue weighted by Gasteiger charge is 2.50. The number of amides is 1. The summed E-state index contributed by atoms with van der Waals surface area (Å²) in [6.07, 6.45) is 7.48. The van der Waals surface area contributed by atoms with Crippen LogP contribution < -0.4 is 0 Å². The highest BCUT2D eigenvalue weighted by Crippen LogP contribution is 2.43. The van der Waals surface area contributed by atoms with Gasteiger partial charge in [-0.05, 0) is 44.7 Å². The molecule has 1 atom stereocenters. The first kappa shape index (κ1) is 15.0. The molecule has 2 aliphatic rings. The molecular formula is C17H23N3O2. The maximum absolute atomic E-state index is 12.9. The van der Waals surface area contributed by atoms with E-state index in [9.17, 15) is 9.59 Å². The van der Waals surface area contributed by atoms with Crippen molar-refractivity contribution in [3.05, 3.63) is 24.0 Å². The highest BCUT2D eigenvalue weighted by molar-refractivity contribution is 6.12. The summed E-state index contributed by atoms with van der Waals surface area (Å²) in [6.45, 7) is 3.94. The van der Waals surface area contributed by atoms with Crippen LogP contribution in [0.25, 0.3) is 0 Å².